The number of fused-ring (bicyclic) bond motifs is 1. The molecule has 0 atom stereocenters. The van der Waals surface area contributed by atoms with E-state index in [0.29, 0.717) is 16.1 Å². The summed E-state index contributed by atoms with van der Waals surface area (Å²) in [6, 6.07) is 9.62. The second-order valence-electron chi connectivity index (χ2n) is 5.62. The quantitative estimate of drug-likeness (QED) is 0.608. The molecule has 0 aliphatic rings. The zero-order valence-corrected chi connectivity index (χ0v) is 14.2. The van der Waals surface area contributed by atoms with E-state index in [9.17, 15) is 9.18 Å². The van der Waals surface area contributed by atoms with Crippen LogP contribution >= 0.6 is 11.6 Å². The summed E-state index contributed by atoms with van der Waals surface area (Å²) in [5.41, 5.74) is 4.37. The van der Waals surface area contributed by atoms with Crippen molar-refractivity contribution in [1.82, 2.24) is 4.98 Å². The number of aryl methyl sites for hydroxylation is 2. The molecule has 0 aliphatic carbocycles. The lowest BCUT2D eigenvalue weighted by molar-refractivity contribution is 0.0601. The zero-order chi connectivity index (χ0) is 17.4. The summed E-state index contributed by atoms with van der Waals surface area (Å²) >= 11 is 6.23. The summed E-state index contributed by atoms with van der Waals surface area (Å²) in [4.78, 5) is 16.5. The fourth-order valence-electron chi connectivity index (χ4n) is 2.79. The Morgan fingerprint density at radius 2 is 1.88 bits per heavy atom. The molecule has 3 rings (SSSR count). The molecule has 2 aromatic carbocycles. The molecule has 1 aromatic heterocycles. The number of carbonyl (C=O) groups excluding carboxylic acids is 1. The molecule has 5 heteroatoms. The first-order valence-electron chi connectivity index (χ1n) is 7.36. The van der Waals surface area contributed by atoms with E-state index in [2.05, 4.69) is 4.98 Å². The van der Waals surface area contributed by atoms with Gasteiger partial charge in [-0.25, -0.2) is 9.18 Å². The summed E-state index contributed by atoms with van der Waals surface area (Å²) < 4.78 is 18.2. The number of nitrogens with zero attached hydrogens (tertiary/aromatic N) is 1. The largest absolute Gasteiger partial charge is 0.465 e. The predicted molar refractivity (Wildman–Crippen MR) is 93.0 cm³/mol. The first-order chi connectivity index (χ1) is 11.4. The van der Waals surface area contributed by atoms with Crippen LogP contribution < -0.4 is 0 Å². The van der Waals surface area contributed by atoms with Gasteiger partial charge < -0.3 is 4.74 Å². The van der Waals surface area contributed by atoms with Gasteiger partial charge >= 0.3 is 5.97 Å². The van der Waals surface area contributed by atoms with Gasteiger partial charge in [0.25, 0.3) is 0 Å². The maximum atomic E-state index is 13.4. The second kappa shape index (κ2) is 6.21. The van der Waals surface area contributed by atoms with Gasteiger partial charge in [-0.1, -0.05) is 11.6 Å². The van der Waals surface area contributed by atoms with Crippen molar-refractivity contribution >= 4 is 28.5 Å². The molecule has 3 aromatic rings. The highest BCUT2D eigenvalue weighted by atomic mass is 35.5. The number of aromatic nitrogens is 1. The topological polar surface area (TPSA) is 39.2 Å². The average molecular weight is 344 g/mol. The molecule has 0 aliphatic heterocycles. The van der Waals surface area contributed by atoms with Gasteiger partial charge in [0.15, 0.2) is 0 Å². The molecular weight excluding hydrogens is 329 g/mol. The monoisotopic (exact) mass is 343 g/mol. The molecule has 0 unspecified atom stereocenters. The number of ether oxygens (including phenoxy) is 1. The van der Waals surface area contributed by atoms with Crippen LogP contribution in [0.25, 0.3) is 22.0 Å². The standard InChI is InChI=1S/C19H15ClFNO2/c1-10-6-12(19(23)24-3)8-16-15(7-11(2)22-18(10)16)14-5-4-13(21)9-17(14)20/h4-9H,1-3H3. The van der Waals surface area contributed by atoms with Crippen molar-refractivity contribution in [3.05, 3.63) is 64.1 Å². The Bertz CT molecular complexity index is 969. The smallest absolute Gasteiger partial charge is 0.337 e. The van der Waals surface area contributed by atoms with E-state index in [0.717, 1.165) is 27.7 Å². The maximum absolute atomic E-state index is 13.4. The molecule has 0 radical (unpaired) electrons. The number of rotatable bonds is 2. The first kappa shape index (κ1) is 16.4. The molecule has 1 heterocycles. The Balaban J connectivity index is 2.38. The number of halogens is 2. The molecule has 0 bridgehead atoms. The minimum absolute atomic E-state index is 0.308. The molecular formula is C19H15ClFNO2. The number of carbonyl (C=O) groups is 1. The van der Waals surface area contributed by atoms with Crippen LogP contribution in [-0.4, -0.2) is 18.1 Å². The van der Waals surface area contributed by atoms with Crippen LogP contribution in [0.2, 0.25) is 5.02 Å². The van der Waals surface area contributed by atoms with Gasteiger partial charge in [-0.3, -0.25) is 4.98 Å². The minimum atomic E-state index is -0.420. The third-order valence-electron chi connectivity index (χ3n) is 3.87. The highest BCUT2D eigenvalue weighted by molar-refractivity contribution is 6.33. The van der Waals surface area contributed by atoms with Gasteiger partial charge in [-0.2, -0.15) is 0 Å². The van der Waals surface area contributed by atoms with Crippen molar-refractivity contribution in [1.29, 1.82) is 0 Å². The molecule has 0 saturated heterocycles. The Hall–Kier alpha value is -2.46. The van der Waals surface area contributed by atoms with Gasteiger partial charge in [0, 0.05) is 16.6 Å². The number of benzene rings is 2. The van der Waals surface area contributed by atoms with Crippen molar-refractivity contribution in [2.75, 3.05) is 7.11 Å². The van der Waals surface area contributed by atoms with Crippen molar-refractivity contribution in [3.8, 4) is 11.1 Å². The number of pyridine rings is 1. The fraction of sp³-hybridized carbons (Fsp3) is 0.158. The summed E-state index contributed by atoms with van der Waals surface area (Å²) in [7, 11) is 1.34. The van der Waals surface area contributed by atoms with Gasteiger partial charge in [-0.05, 0) is 61.4 Å². The number of hydrogen-bond acceptors (Lipinski definition) is 3. The third-order valence-corrected chi connectivity index (χ3v) is 4.19. The summed E-state index contributed by atoms with van der Waals surface area (Å²) in [5, 5.41) is 1.08. The minimum Gasteiger partial charge on any atom is -0.465 e. The summed E-state index contributed by atoms with van der Waals surface area (Å²) in [6.45, 7) is 3.77. The van der Waals surface area contributed by atoms with E-state index >= 15 is 0 Å². The van der Waals surface area contributed by atoms with Crippen molar-refractivity contribution in [2.45, 2.75) is 13.8 Å². The second-order valence-corrected chi connectivity index (χ2v) is 6.02. The molecule has 0 amide bonds. The molecule has 0 N–H and O–H groups in total. The maximum Gasteiger partial charge on any atom is 0.337 e. The Labute approximate surface area is 144 Å². The highest BCUT2D eigenvalue weighted by Gasteiger charge is 2.15. The fourth-order valence-corrected chi connectivity index (χ4v) is 3.06. The normalized spacial score (nSPS) is 10.9. The predicted octanol–water partition coefficient (Wildman–Crippen LogP) is 5.10. The van der Waals surface area contributed by atoms with Gasteiger partial charge in [0.2, 0.25) is 0 Å². The number of esters is 1. The Kier molecular flexibility index (Phi) is 4.24. The van der Waals surface area contributed by atoms with E-state index in [1.807, 2.05) is 19.9 Å². The summed E-state index contributed by atoms with van der Waals surface area (Å²) in [5.74, 6) is -0.818. The van der Waals surface area contributed by atoms with E-state index in [1.165, 1.54) is 19.2 Å². The number of methoxy groups -OCH3 is 1. The first-order valence-corrected chi connectivity index (χ1v) is 7.74. The Morgan fingerprint density at radius 1 is 1.12 bits per heavy atom. The lowest BCUT2D eigenvalue weighted by atomic mass is 9.96. The molecule has 0 fully saturated rings. The van der Waals surface area contributed by atoms with Crippen LogP contribution in [0.1, 0.15) is 21.6 Å². The van der Waals surface area contributed by atoms with Gasteiger partial charge in [0.05, 0.1) is 23.2 Å². The molecule has 0 spiro atoms. The van der Waals surface area contributed by atoms with E-state index in [-0.39, 0.29) is 0 Å². The molecule has 0 saturated carbocycles. The van der Waals surface area contributed by atoms with Crippen LogP contribution in [0.4, 0.5) is 4.39 Å². The van der Waals surface area contributed by atoms with Crippen LogP contribution in [0, 0.1) is 19.7 Å². The average Bonchev–Trinajstić information content (AvgIpc) is 2.54. The van der Waals surface area contributed by atoms with Gasteiger partial charge in [0.1, 0.15) is 5.82 Å². The van der Waals surface area contributed by atoms with E-state index < -0.39 is 11.8 Å². The lowest BCUT2D eigenvalue weighted by Gasteiger charge is -2.13. The Morgan fingerprint density at radius 3 is 2.54 bits per heavy atom. The van der Waals surface area contributed by atoms with Crippen LogP contribution in [-0.2, 0) is 4.74 Å². The van der Waals surface area contributed by atoms with E-state index in [1.54, 1.807) is 18.2 Å². The van der Waals surface area contributed by atoms with Crippen LogP contribution in [0.5, 0.6) is 0 Å². The zero-order valence-electron chi connectivity index (χ0n) is 13.5. The van der Waals surface area contributed by atoms with Crippen molar-refractivity contribution in [3.63, 3.8) is 0 Å². The SMILES string of the molecule is COC(=O)c1cc(C)c2nc(C)cc(-c3ccc(F)cc3Cl)c2c1. The van der Waals surface area contributed by atoms with Crippen LogP contribution in [0.15, 0.2) is 36.4 Å². The molecule has 24 heavy (non-hydrogen) atoms. The van der Waals surface area contributed by atoms with Gasteiger partial charge in [-0.15, -0.1) is 0 Å². The van der Waals surface area contributed by atoms with Crippen LogP contribution in [0.3, 0.4) is 0 Å². The molecule has 3 nitrogen and oxygen atoms in total. The highest BCUT2D eigenvalue weighted by Crippen LogP contribution is 2.35. The lowest BCUT2D eigenvalue weighted by Crippen LogP contribution is -2.03. The third kappa shape index (κ3) is 2.85. The summed E-state index contributed by atoms with van der Waals surface area (Å²) in [6.07, 6.45) is 0. The number of hydrogen-bond donors (Lipinski definition) is 0. The van der Waals surface area contributed by atoms with E-state index in [4.69, 9.17) is 16.3 Å². The van der Waals surface area contributed by atoms with Crippen molar-refractivity contribution in [2.24, 2.45) is 0 Å². The van der Waals surface area contributed by atoms with Crippen molar-refractivity contribution < 1.29 is 13.9 Å². The molecule has 122 valence electrons.